The summed E-state index contributed by atoms with van der Waals surface area (Å²) in [5, 5.41) is 19.8. The summed E-state index contributed by atoms with van der Waals surface area (Å²) in [6.07, 6.45) is 4.93. The fourth-order valence-corrected chi connectivity index (χ4v) is 3.04. The Balaban J connectivity index is 1.79. The van der Waals surface area contributed by atoms with Gasteiger partial charge in [0.1, 0.15) is 11.9 Å². The number of aryl methyl sites for hydroxylation is 1. The third-order valence-corrected chi connectivity index (χ3v) is 4.11. The highest BCUT2D eigenvalue weighted by Gasteiger charge is 2.27. The minimum absolute atomic E-state index is 0.0798. The monoisotopic (exact) mass is 248 g/mol. The van der Waals surface area contributed by atoms with Crippen LogP contribution in [0.4, 0.5) is 0 Å². The number of benzene rings is 1. The molecule has 18 heavy (non-hydrogen) atoms. The van der Waals surface area contributed by atoms with Gasteiger partial charge in [-0.3, -0.25) is 0 Å². The van der Waals surface area contributed by atoms with Crippen molar-refractivity contribution in [1.82, 2.24) is 0 Å². The molecular weight excluding hydrogens is 228 g/mol. The fraction of sp³-hybridized carbons (Fsp3) is 0.600. The van der Waals surface area contributed by atoms with Crippen LogP contribution in [0.5, 0.6) is 5.75 Å². The summed E-state index contributed by atoms with van der Waals surface area (Å²) in [6, 6.07) is 5.96. The molecule has 3 atom stereocenters. The van der Waals surface area contributed by atoms with Gasteiger partial charge in [0.25, 0.3) is 0 Å². The van der Waals surface area contributed by atoms with Crippen molar-refractivity contribution in [3.8, 4) is 5.75 Å². The number of hydrogen-bond acceptors (Lipinski definition) is 3. The molecule has 0 aliphatic heterocycles. The Bertz CT molecular complexity index is 430. The van der Waals surface area contributed by atoms with Crippen LogP contribution in [0.3, 0.4) is 0 Å². The van der Waals surface area contributed by atoms with E-state index in [1.807, 2.05) is 18.2 Å². The van der Waals surface area contributed by atoms with Crippen LogP contribution in [0.1, 0.15) is 49.3 Å². The molecule has 3 nitrogen and oxygen atoms in total. The van der Waals surface area contributed by atoms with E-state index in [-0.39, 0.29) is 18.3 Å². The molecule has 0 radical (unpaired) electrons. The average molecular weight is 248 g/mol. The largest absolute Gasteiger partial charge is 0.488 e. The second-order valence-corrected chi connectivity index (χ2v) is 5.42. The van der Waals surface area contributed by atoms with Gasteiger partial charge in [0.2, 0.25) is 0 Å². The van der Waals surface area contributed by atoms with E-state index in [1.54, 1.807) is 0 Å². The molecule has 0 heterocycles. The van der Waals surface area contributed by atoms with Gasteiger partial charge in [-0.25, -0.2) is 0 Å². The van der Waals surface area contributed by atoms with Gasteiger partial charge in [0.05, 0.1) is 12.2 Å². The van der Waals surface area contributed by atoms with Gasteiger partial charge in [-0.05, 0) is 61.8 Å². The molecule has 0 bridgehead atoms. The highest BCUT2D eigenvalue weighted by molar-refractivity contribution is 5.38. The lowest BCUT2D eigenvalue weighted by Gasteiger charge is -2.23. The predicted molar refractivity (Wildman–Crippen MR) is 68.6 cm³/mol. The molecule has 1 aromatic carbocycles. The van der Waals surface area contributed by atoms with E-state index in [0.717, 1.165) is 49.8 Å². The lowest BCUT2D eigenvalue weighted by molar-refractivity contribution is 0.0600. The summed E-state index contributed by atoms with van der Waals surface area (Å²) in [4.78, 5) is 0. The summed E-state index contributed by atoms with van der Waals surface area (Å²) in [5.41, 5.74) is 2.24. The summed E-state index contributed by atoms with van der Waals surface area (Å²) in [5.74, 6) is 0.778. The first-order chi connectivity index (χ1) is 8.74. The second kappa shape index (κ2) is 4.90. The standard InChI is InChI=1S/C15H20O3/c16-13-4-1-3-10-7-8-11(9-12(10)13)18-15-6-2-5-14(15)17/h7-9,13-17H,1-6H2/t13-,14?,15?/m1/s1. The van der Waals surface area contributed by atoms with Crippen LogP contribution < -0.4 is 4.74 Å². The summed E-state index contributed by atoms with van der Waals surface area (Å²) >= 11 is 0. The highest BCUT2D eigenvalue weighted by Crippen LogP contribution is 2.33. The SMILES string of the molecule is OC1CCCC1Oc1ccc2c(c1)[C@H](O)CCC2. The maximum Gasteiger partial charge on any atom is 0.124 e. The first kappa shape index (κ1) is 12.0. The molecule has 0 saturated heterocycles. The summed E-state index contributed by atoms with van der Waals surface area (Å²) < 4.78 is 5.84. The van der Waals surface area contributed by atoms with Crippen molar-refractivity contribution in [3.05, 3.63) is 29.3 Å². The Labute approximate surface area is 107 Å². The molecular formula is C15H20O3. The lowest BCUT2D eigenvalue weighted by atomic mass is 9.89. The van der Waals surface area contributed by atoms with Crippen molar-refractivity contribution >= 4 is 0 Å². The molecule has 0 aromatic heterocycles. The fourth-order valence-electron chi connectivity index (χ4n) is 3.04. The van der Waals surface area contributed by atoms with Crippen molar-refractivity contribution < 1.29 is 14.9 Å². The molecule has 2 N–H and O–H groups in total. The molecule has 0 amide bonds. The Morgan fingerprint density at radius 3 is 2.72 bits per heavy atom. The molecule has 1 saturated carbocycles. The van der Waals surface area contributed by atoms with E-state index >= 15 is 0 Å². The Hall–Kier alpha value is -1.06. The van der Waals surface area contributed by atoms with E-state index in [1.165, 1.54) is 5.56 Å². The van der Waals surface area contributed by atoms with Crippen molar-refractivity contribution in [2.75, 3.05) is 0 Å². The molecule has 2 aliphatic rings. The first-order valence-electron chi connectivity index (χ1n) is 6.89. The third kappa shape index (κ3) is 2.25. The number of ether oxygens (including phenoxy) is 1. The van der Waals surface area contributed by atoms with Crippen LogP contribution in [-0.2, 0) is 6.42 Å². The van der Waals surface area contributed by atoms with Gasteiger partial charge in [0, 0.05) is 0 Å². The van der Waals surface area contributed by atoms with Gasteiger partial charge in [-0.1, -0.05) is 6.07 Å². The third-order valence-electron chi connectivity index (χ3n) is 4.11. The van der Waals surface area contributed by atoms with Crippen molar-refractivity contribution in [2.24, 2.45) is 0 Å². The Morgan fingerprint density at radius 2 is 1.94 bits per heavy atom. The van der Waals surface area contributed by atoms with Crippen LogP contribution in [0.25, 0.3) is 0 Å². The predicted octanol–water partition coefficient (Wildman–Crippen LogP) is 2.35. The van der Waals surface area contributed by atoms with Crippen LogP contribution in [-0.4, -0.2) is 22.4 Å². The van der Waals surface area contributed by atoms with E-state index in [9.17, 15) is 10.2 Å². The molecule has 98 valence electrons. The van der Waals surface area contributed by atoms with Gasteiger partial charge in [-0.15, -0.1) is 0 Å². The van der Waals surface area contributed by atoms with Crippen molar-refractivity contribution in [3.63, 3.8) is 0 Å². The van der Waals surface area contributed by atoms with E-state index < -0.39 is 0 Å². The zero-order chi connectivity index (χ0) is 12.5. The van der Waals surface area contributed by atoms with Crippen LogP contribution >= 0.6 is 0 Å². The number of aliphatic hydroxyl groups is 2. The molecule has 1 aromatic rings. The van der Waals surface area contributed by atoms with Gasteiger partial charge in [-0.2, -0.15) is 0 Å². The maximum absolute atomic E-state index is 9.99. The van der Waals surface area contributed by atoms with Crippen LogP contribution in [0, 0.1) is 0 Å². The Kier molecular flexibility index (Phi) is 3.27. The van der Waals surface area contributed by atoms with Crippen LogP contribution in [0.15, 0.2) is 18.2 Å². The first-order valence-corrected chi connectivity index (χ1v) is 6.89. The maximum atomic E-state index is 9.99. The minimum Gasteiger partial charge on any atom is -0.488 e. The van der Waals surface area contributed by atoms with Gasteiger partial charge in [0.15, 0.2) is 0 Å². The lowest BCUT2D eigenvalue weighted by Crippen LogP contribution is -2.25. The summed E-state index contributed by atoms with van der Waals surface area (Å²) in [6.45, 7) is 0. The molecule has 0 spiro atoms. The normalized spacial score (nSPS) is 31.1. The minimum atomic E-state index is -0.356. The van der Waals surface area contributed by atoms with Crippen LogP contribution in [0.2, 0.25) is 0 Å². The second-order valence-electron chi connectivity index (χ2n) is 5.42. The molecule has 3 heteroatoms. The van der Waals surface area contributed by atoms with Crippen molar-refractivity contribution in [2.45, 2.75) is 56.8 Å². The van der Waals surface area contributed by atoms with E-state index in [4.69, 9.17) is 4.74 Å². The number of hydrogen-bond donors (Lipinski definition) is 2. The van der Waals surface area contributed by atoms with E-state index in [2.05, 4.69) is 0 Å². The number of rotatable bonds is 2. The zero-order valence-corrected chi connectivity index (χ0v) is 10.5. The molecule has 2 aliphatic carbocycles. The number of fused-ring (bicyclic) bond motifs is 1. The highest BCUT2D eigenvalue weighted by atomic mass is 16.5. The quantitative estimate of drug-likeness (QED) is 0.844. The number of aliphatic hydroxyl groups excluding tert-OH is 2. The average Bonchev–Trinajstić information content (AvgIpc) is 2.76. The zero-order valence-electron chi connectivity index (χ0n) is 10.5. The molecule has 3 rings (SSSR count). The topological polar surface area (TPSA) is 49.7 Å². The van der Waals surface area contributed by atoms with Crippen molar-refractivity contribution in [1.29, 1.82) is 0 Å². The summed E-state index contributed by atoms with van der Waals surface area (Å²) in [7, 11) is 0. The van der Waals surface area contributed by atoms with E-state index in [0.29, 0.717) is 0 Å². The van der Waals surface area contributed by atoms with Gasteiger partial charge >= 0.3 is 0 Å². The Morgan fingerprint density at radius 1 is 1.06 bits per heavy atom. The smallest absolute Gasteiger partial charge is 0.124 e. The molecule has 2 unspecified atom stereocenters. The molecule has 1 fully saturated rings. The van der Waals surface area contributed by atoms with Gasteiger partial charge < -0.3 is 14.9 Å².